The van der Waals surface area contributed by atoms with E-state index >= 15 is 0 Å². The van der Waals surface area contributed by atoms with Crippen LogP contribution >= 0.6 is 0 Å². The van der Waals surface area contributed by atoms with E-state index in [4.69, 9.17) is 0 Å². The molecule has 0 aliphatic rings. The molecule has 1 aromatic carbocycles. The zero-order chi connectivity index (χ0) is 12.2. The van der Waals surface area contributed by atoms with Crippen LogP contribution < -0.4 is 10.1 Å². The third kappa shape index (κ3) is 4.04. The van der Waals surface area contributed by atoms with Crippen molar-refractivity contribution < 1.29 is 22.7 Å². The standard InChI is InChI=1S/C10H8F3NO2/c1-2-9(15)14-7-3-5-8(6-4-7)16-10(11,12)13/h2-6H,1H2,(H,14,15). The number of benzene rings is 1. The number of anilines is 1. The molecule has 1 aromatic rings. The normalized spacial score (nSPS) is 10.7. The predicted molar refractivity (Wildman–Crippen MR) is 52.0 cm³/mol. The van der Waals surface area contributed by atoms with Crippen LogP contribution in [0.25, 0.3) is 0 Å². The number of amides is 1. The van der Waals surface area contributed by atoms with Gasteiger partial charge in [-0.25, -0.2) is 0 Å². The maximum absolute atomic E-state index is 11.8. The average Bonchev–Trinajstić information content (AvgIpc) is 2.18. The molecule has 16 heavy (non-hydrogen) atoms. The highest BCUT2D eigenvalue weighted by Gasteiger charge is 2.30. The molecule has 0 aliphatic heterocycles. The van der Waals surface area contributed by atoms with Crippen LogP contribution in [-0.2, 0) is 4.79 Å². The lowest BCUT2D eigenvalue weighted by Crippen LogP contribution is -2.17. The summed E-state index contributed by atoms with van der Waals surface area (Å²) in [6.45, 7) is 3.24. The first-order valence-electron chi connectivity index (χ1n) is 4.20. The second kappa shape index (κ2) is 4.69. The quantitative estimate of drug-likeness (QED) is 0.812. The van der Waals surface area contributed by atoms with Gasteiger partial charge in [0.2, 0.25) is 5.91 Å². The lowest BCUT2D eigenvalue weighted by molar-refractivity contribution is -0.274. The monoisotopic (exact) mass is 231 g/mol. The van der Waals surface area contributed by atoms with E-state index in [1.165, 1.54) is 12.1 Å². The van der Waals surface area contributed by atoms with Crippen LogP contribution in [0.4, 0.5) is 18.9 Å². The van der Waals surface area contributed by atoms with E-state index in [9.17, 15) is 18.0 Å². The molecule has 6 heteroatoms. The van der Waals surface area contributed by atoms with E-state index in [-0.39, 0.29) is 5.75 Å². The number of ether oxygens (including phenoxy) is 1. The molecule has 0 fully saturated rings. The summed E-state index contributed by atoms with van der Waals surface area (Å²) in [5.74, 6) is -0.784. The Morgan fingerprint density at radius 1 is 1.31 bits per heavy atom. The summed E-state index contributed by atoms with van der Waals surface area (Å²) < 4.78 is 39.1. The van der Waals surface area contributed by atoms with Gasteiger partial charge in [0.15, 0.2) is 0 Å². The van der Waals surface area contributed by atoms with Gasteiger partial charge in [-0.05, 0) is 30.3 Å². The van der Waals surface area contributed by atoms with Gasteiger partial charge >= 0.3 is 6.36 Å². The average molecular weight is 231 g/mol. The largest absolute Gasteiger partial charge is 0.573 e. The van der Waals surface area contributed by atoms with Crippen LogP contribution in [0.15, 0.2) is 36.9 Å². The molecule has 0 saturated carbocycles. The molecule has 0 atom stereocenters. The fraction of sp³-hybridized carbons (Fsp3) is 0.100. The molecular formula is C10H8F3NO2. The van der Waals surface area contributed by atoms with Crippen LogP contribution in [0.1, 0.15) is 0 Å². The molecule has 0 heterocycles. The Labute approximate surface area is 89.5 Å². The molecule has 0 aliphatic carbocycles. The van der Waals surface area contributed by atoms with Gasteiger partial charge in [-0.3, -0.25) is 4.79 Å². The van der Waals surface area contributed by atoms with E-state index < -0.39 is 12.3 Å². The van der Waals surface area contributed by atoms with Gasteiger partial charge in [0.25, 0.3) is 0 Å². The van der Waals surface area contributed by atoms with Gasteiger partial charge in [-0.15, -0.1) is 13.2 Å². The lowest BCUT2D eigenvalue weighted by atomic mass is 10.3. The number of alkyl halides is 3. The highest BCUT2D eigenvalue weighted by molar-refractivity contribution is 5.98. The van der Waals surface area contributed by atoms with Crippen molar-refractivity contribution in [1.82, 2.24) is 0 Å². The van der Waals surface area contributed by atoms with Gasteiger partial charge in [0.05, 0.1) is 0 Å². The number of carbonyl (C=O) groups is 1. The van der Waals surface area contributed by atoms with Gasteiger partial charge in [-0.2, -0.15) is 0 Å². The van der Waals surface area contributed by atoms with Crippen LogP contribution in [0.3, 0.4) is 0 Å². The topological polar surface area (TPSA) is 38.3 Å². The first-order chi connectivity index (χ1) is 7.40. The summed E-state index contributed by atoms with van der Waals surface area (Å²) in [5, 5.41) is 2.39. The third-order valence-electron chi connectivity index (χ3n) is 1.54. The molecule has 0 saturated heterocycles. The molecule has 0 radical (unpaired) electrons. The third-order valence-corrected chi connectivity index (χ3v) is 1.54. The molecule has 0 aromatic heterocycles. The number of hydrogen-bond donors (Lipinski definition) is 1. The molecule has 0 unspecified atom stereocenters. The van der Waals surface area contributed by atoms with E-state index in [2.05, 4.69) is 16.6 Å². The highest BCUT2D eigenvalue weighted by atomic mass is 19.4. The van der Waals surface area contributed by atoms with Crippen LogP contribution in [0, 0.1) is 0 Å². The van der Waals surface area contributed by atoms with Crippen molar-refractivity contribution in [3.63, 3.8) is 0 Å². The Morgan fingerprint density at radius 3 is 2.31 bits per heavy atom. The molecule has 0 spiro atoms. The van der Waals surface area contributed by atoms with E-state index in [0.717, 1.165) is 18.2 Å². The molecule has 86 valence electrons. The SMILES string of the molecule is C=CC(=O)Nc1ccc(OC(F)(F)F)cc1. The lowest BCUT2D eigenvalue weighted by Gasteiger charge is -2.09. The molecular weight excluding hydrogens is 223 g/mol. The maximum Gasteiger partial charge on any atom is 0.573 e. The number of halogens is 3. The summed E-state index contributed by atoms with van der Waals surface area (Å²) in [4.78, 5) is 10.9. The molecule has 1 amide bonds. The van der Waals surface area contributed by atoms with Crippen molar-refractivity contribution in [3.05, 3.63) is 36.9 Å². The Morgan fingerprint density at radius 2 is 1.88 bits per heavy atom. The Bertz CT molecular complexity index is 384. The van der Waals surface area contributed by atoms with Crippen molar-refractivity contribution in [1.29, 1.82) is 0 Å². The molecule has 3 nitrogen and oxygen atoms in total. The second-order valence-corrected chi connectivity index (χ2v) is 2.77. The summed E-state index contributed by atoms with van der Waals surface area (Å²) >= 11 is 0. The van der Waals surface area contributed by atoms with E-state index in [0.29, 0.717) is 5.69 Å². The first kappa shape index (κ1) is 12.1. The van der Waals surface area contributed by atoms with Gasteiger partial charge in [0, 0.05) is 5.69 Å². The van der Waals surface area contributed by atoms with Gasteiger partial charge in [0.1, 0.15) is 5.75 Å². The number of hydrogen-bond acceptors (Lipinski definition) is 2. The molecule has 1 N–H and O–H groups in total. The zero-order valence-electron chi connectivity index (χ0n) is 8.04. The maximum atomic E-state index is 11.8. The fourth-order valence-electron chi connectivity index (χ4n) is 0.933. The minimum atomic E-state index is -4.72. The summed E-state index contributed by atoms with van der Waals surface area (Å²) in [7, 11) is 0. The minimum absolute atomic E-state index is 0.343. The summed E-state index contributed by atoms with van der Waals surface area (Å²) in [6.07, 6.45) is -3.66. The van der Waals surface area contributed by atoms with Gasteiger partial charge < -0.3 is 10.1 Å². The predicted octanol–water partition coefficient (Wildman–Crippen LogP) is 2.71. The Balaban J connectivity index is 2.68. The number of carbonyl (C=O) groups excluding carboxylic acids is 1. The second-order valence-electron chi connectivity index (χ2n) is 2.77. The minimum Gasteiger partial charge on any atom is -0.406 e. The van der Waals surface area contributed by atoms with Crippen molar-refractivity contribution in [2.45, 2.75) is 6.36 Å². The van der Waals surface area contributed by atoms with E-state index in [1.54, 1.807) is 0 Å². The van der Waals surface area contributed by atoms with Crippen LogP contribution in [0.2, 0.25) is 0 Å². The van der Waals surface area contributed by atoms with Crippen LogP contribution in [-0.4, -0.2) is 12.3 Å². The summed E-state index contributed by atoms with van der Waals surface area (Å²) in [5.41, 5.74) is 0.361. The van der Waals surface area contributed by atoms with Crippen LogP contribution in [0.5, 0.6) is 5.75 Å². The fourth-order valence-corrected chi connectivity index (χ4v) is 0.933. The zero-order valence-corrected chi connectivity index (χ0v) is 8.04. The van der Waals surface area contributed by atoms with Crippen molar-refractivity contribution in [2.24, 2.45) is 0 Å². The molecule has 1 rings (SSSR count). The van der Waals surface area contributed by atoms with Crippen molar-refractivity contribution >= 4 is 11.6 Å². The van der Waals surface area contributed by atoms with Gasteiger partial charge in [-0.1, -0.05) is 6.58 Å². The van der Waals surface area contributed by atoms with Crippen molar-refractivity contribution in [2.75, 3.05) is 5.32 Å². The van der Waals surface area contributed by atoms with E-state index in [1.807, 2.05) is 0 Å². The number of rotatable bonds is 3. The summed E-state index contributed by atoms with van der Waals surface area (Å²) in [6, 6.07) is 4.79. The highest BCUT2D eigenvalue weighted by Crippen LogP contribution is 2.23. The Hall–Kier alpha value is -1.98. The van der Waals surface area contributed by atoms with Crippen molar-refractivity contribution in [3.8, 4) is 5.75 Å². The number of nitrogens with one attached hydrogen (secondary N) is 1. The smallest absolute Gasteiger partial charge is 0.406 e. The molecule has 0 bridgehead atoms. The Kier molecular flexibility index (Phi) is 3.55. The first-order valence-corrected chi connectivity index (χ1v) is 4.20.